The summed E-state index contributed by atoms with van der Waals surface area (Å²) in [5.74, 6) is 0. The van der Waals surface area contributed by atoms with E-state index in [0.29, 0.717) is 0 Å². The minimum absolute atomic E-state index is 0.0391. The van der Waals surface area contributed by atoms with Crippen LogP contribution in [-0.4, -0.2) is 12.3 Å². The van der Waals surface area contributed by atoms with Crippen LogP contribution < -0.4 is 31.1 Å². The van der Waals surface area contributed by atoms with Gasteiger partial charge in [-0.15, -0.1) is 11.3 Å². The van der Waals surface area contributed by atoms with Crippen LogP contribution in [0.3, 0.4) is 0 Å². The van der Waals surface area contributed by atoms with Crippen molar-refractivity contribution in [2.45, 2.75) is 140 Å². The minimum Gasteiger partial charge on any atom is -0.334 e. The summed E-state index contributed by atoms with van der Waals surface area (Å²) >= 11 is 1.91. The van der Waals surface area contributed by atoms with Crippen molar-refractivity contribution in [3.05, 3.63) is 161 Å². The Morgan fingerprint density at radius 2 is 1.03 bits per heavy atom. The lowest BCUT2D eigenvalue weighted by molar-refractivity contribution is 0.195. The molecule has 0 bridgehead atoms. The first-order chi connectivity index (χ1) is 32.9. The maximum absolute atomic E-state index is 2.77. The fourth-order valence-corrected chi connectivity index (χ4v) is 17.3. The largest absolute Gasteiger partial charge is 0.334 e. The van der Waals surface area contributed by atoms with Gasteiger partial charge in [0.1, 0.15) is 0 Å². The SMILES string of the molecule is CC1(C)CC(C)(C)c2cc(N3c4cc5c(cc4B4c6ccc(N7c8ccccc8C8(C)CCCCC78C)cc6N(c6cccc7sc8ccccc8c67)c6cccc3c64)C(C)(C)CC5(C)C)ccc21. The number of thiophene rings is 1. The highest BCUT2D eigenvalue weighted by Crippen LogP contribution is 2.62. The van der Waals surface area contributed by atoms with Gasteiger partial charge in [-0.05, 0) is 165 Å². The first-order valence-corrected chi connectivity index (χ1v) is 26.7. The van der Waals surface area contributed by atoms with Crippen molar-refractivity contribution in [1.82, 2.24) is 0 Å². The molecule has 14 rings (SSSR count). The van der Waals surface area contributed by atoms with E-state index in [2.05, 4.69) is 217 Å². The molecule has 6 aliphatic rings. The predicted molar refractivity (Wildman–Crippen MR) is 297 cm³/mol. The molecule has 7 aromatic carbocycles. The second-order valence-corrected chi connectivity index (χ2v) is 26.1. The summed E-state index contributed by atoms with van der Waals surface area (Å²) in [4.78, 5) is 8.15. The Kier molecular flexibility index (Phi) is 8.27. The molecule has 69 heavy (non-hydrogen) atoms. The van der Waals surface area contributed by atoms with Crippen LogP contribution in [0, 0.1) is 0 Å². The van der Waals surface area contributed by atoms with Crippen molar-refractivity contribution in [2.24, 2.45) is 0 Å². The highest BCUT2D eigenvalue weighted by Gasteiger charge is 2.58. The summed E-state index contributed by atoms with van der Waals surface area (Å²) in [6.45, 7) is 24.9. The average molecular weight is 918 g/mol. The molecule has 0 amide bonds. The Labute approximate surface area is 414 Å². The first kappa shape index (κ1) is 42.1. The van der Waals surface area contributed by atoms with E-state index in [1.807, 2.05) is 11.3 Å². The lowest BCUT2D eigenvalue weighted by atomic mass is 9.33. The van der Waals surface area contributed by atoms with Crippen molar-refractivity contribution in [3.8, 4) is 0 Å². The first-order valence-electron chi connectivity index (χ1n) is 25.9. The zero-order valence-corrected chi connectivity index (χ0v) is 43.1. The van der Waals surface area contributed by atoms with Crippen LogP contribution in [0.1, 0.15) is 136 Å². The van der Waals surface area contributed by atoms with Gasteiger partial charge in [-0.2, -0.15) is 0 Å². The molecule has 344 valence electrons. The van der Waals surface area contributed by atoms with Crippen molar-refractivity contribution >= 4 is 100 Å². The molecule has 4 heterocycles. The van der Waals surface area contributed by atoms with E-state index >= 15 is 0 Å². The standard InChI is InChI=1S/C64H64BN3S/c1-59(2)37-60(3,4)44-33-39(27-29-42(44)59)66-51-23-17-24-52-58(51)65(48-35-45-46(36-54(48)66)62(7,8)38-61(45,5)6)47-30-28-40(68-49-21-13-12-20-43(49)63(9)31-15-16-32-64(63,68)10)34-53(47)67(52)50-22-18-26-56-57(50)41-19-11-14-25-55(41)69-56/h11-14,17-30,33-36H,15-16,31-32,37-38H2,1-10H3. The minimum atomic E-state index is -0.0478. The lowest BCUT2D eigenvalue weighted by Crippen LogP contribution is -2.61. The molecule has 0 saturated heterocycles. The van der Waals surface area contributed by atoms with Gasteiger partial charge in [-0.25, -0.2) is 0 Å². The van der Waals surface area contributed by atoms with Crippen LogP contribution in [0.2, 0.25) is 0 Å². The zero-order chi connectivity index (χ0) is 47.4. The smallest absolute Gasteiger partial charge is 0.252 e. The molecule has 0 radical (unpaired) electrons. The van der Waals surface area contributed by atoms with Crippen molar-refractivity contribution in [2.75, 3.05) is 14.7 Å². The summed E-state index contributed by atoms with van der Waals surface area (Å²) in [5, 5.41) is 2.66. The quantitative estimate of drug-likeness (QED) is 0.164. The number of hydrogen-bond acceptors (Lipinski definition) is 4. The van der Waals surface area contributed by atoms with Gasteiger partial charge < -0.3 is 14.7 Å². The molecule has 3 nitrogen and oxygen atoms in total. The molecule has 5 heteroatoms. The molecule has 3 aliphatic carbocycles. The highest BCUT2D eigenvalue weighted by atomic mass is 32.1. The van der Waals surface area contributed by atoms with Gasteiger partial charge in [-0.3, -0.25) is 0 Å². The molecular weight excluding hydrogens is 854 g/mol. The normalized spacial score (nSPS) is 23.6. The summed E-state index contributed by atoms with van der Waals surface area (Å²) in [5.41, 5.74) is 22.4. The van der Waals surface area contributed by atoms with Gasteiger partial charge in [0, 0.05) is 65.4 Å². The van der Waals surface area contributed by atoms with E-state index in [0.717, 1.165) is 12.8 Å². The molecule has 0 N–H and O–H groups in total. The number of hydrogen-bond donors (Lipinski definition) is 0. The Hall–Kier alpha value is -5.78. The third kappa shape index (κ3) is 5.41. The number of rotatable bonds is 3. The van der Waals surface area contributed by atoms with Crippen LogP contribution in [0.15, 0.2) is 133 Å². The van der Waals surface area contributed by atoms with Crippen LogP contribution in [0.4, 0.5) is 45.5 Å². The van der Waals surface area contributed by atoms with Crippen LogP contribution in [-0.2, 0) is 27.1 Å². The van der Waals surface area contributed by atoms with Crippen molar-refractivity contribution in [1.29, 1.82) is 0 Å². The van der Waals surface area contributed by atoms with Crippen LogP contribution >= 0.6 is 11.3 Å². The maximum Gasteiger partial charge on any atom is 0.252 e. The van der Waals surface area contributed by atoms with E-state index in [-0.39, 0.29) is 39.3 Å². The van der Waals surface area contributed by atoms with Gasteiger partial charge in [0.05, 0.1) is 11.2 Å². The molecule has 8 aromatic rings. The molecule has 1 aromatic heterocycles. The van der Waals surface area contributed by atoms with E-state index in [9.17, 15) is 0 Å². The molecule has 2 atom stereocenters. The molecule has 3 aliphatic heterocycles. The third-order valence-electron chi connectivity index (χ3n) is 19.0. The van der Waals surface area contributed by atoms with E-state index in [4.69, 9.17) is 0 Å². The summed E-state index contributed by atoms with van der Waals surface area (Å²) in [6, 6.07) is 53.1. The predicted octanol–water partition coefficient (Wildman–Crippen LogP) is 15.8. The zero-order valence-electron chi connectivity index (χ0n) is 42.3. The summed E-state index contributed by atoms with van der Waals surface area (Å²) in [7, 11) is 0. The fraction of sp³-hybridized carbons (Fsp3) is 0.344. The molecule has 1 fully saturated rings. The summed E-state index contributed by atoms with van der Waals surface area (Å²) in [6.07, 6.45) is 7.19. The molecule has 1 saturated carbocycles. The Morgan fingerprint density at radius 3 is 1.83 bits per heavy atom. The highest BCUT2D eigenvalue weighted by molar-refractivity contribution is 7.26. The number of fused-ring (bicyclic) bond motifs is 12. The van der Waals surface area contributed by atoms with Gasteiger partial charge in [0.2, 0.25) is 0 Å². The number of benzene rings is 7. The Bertz CT molecular complexity index is 3550. The summed E-state index contributed by atoms with van der Waals surface area (Å²) < 4.78 is 2.66. The monoisotopic (exact) mass is 917 g/mol. The fourth-order valence-electron chi connectivity index (χ4n) is 16.2. The van der Waals surface area contributed by atoms with Gasteiger partial charge in [-0.1, -0.05) is 142 Å². The topological polar surface area (TPSA) is 9.72 Å². The number of anilines is 8. The van der Waals surface area contributed by atoms with E-state index in [1.54, 1.807) is 0 Å². The average Bonchev–Trinajstić information content (AvgIpc) is 3.92. The van der Waals surface area contributed by atoms with Crippen molar-refractivity contribution in [3.63, 3.8) is 0 Å². The van der Waals surface area contributed by atoms with Crippen LogP contribution in [0.25, 0.3) is 20.2 Å². The molecular formula is C64H64BN3S. The Balaban J connectivity index is 1.08. The van der Waals surface area contributed by atoms with E-state index in [1.165, 1.54) is 136 Å². The Morgan fingerprint density at radius 1 is 0.435 bits per heavy atom. The molecule has 2 unspecified atom stereocenters. The van der Waals surface area contributed by atoms with Gasteiger partial charge >= 0.3 is 0 Å². The van der Waals surface area contributed by atoms with Gasteiger partial charge in [0.25, 0.3) is 6.71 Å². The van der Waals surface area contributed by atoms with Gasteiger partial charge in [0.15, 0.2) is 0 Å². The van der Waals surface area contributed by atoms with E-state index < -0.39 is 0 Å². The lowest BCUT2D eigenvalue weighted by Gasteiger charge is -2.50. The number of para-hydroxylation sites is 1. The number of nitrogens with zero attached hydrogens (tertiary/aromatic N) is 3. The third-order valence-corrected chi connectivity index (χ3v) is 20.1. The molecule has 0 spiro atoms. The second kappa shape index (κ2) is 13.5. The second-order valence-electron chi connectivity index (χ2n) is 25.0. The van der Waals surface area contributed by atoms with Crippen LogP contribution in [0.5, 0.6) is 0 Å². The maximum atomic E-state index is 2.77. The van der Waals surface area contributed by atoms with Crippen molar-refractivity contribution < 1.29 is 0 Å².